The number of rotatable bonds is 2. The van der Waals surface area contributed by atoms with Gasteiger partial charge in [-0.1, -0.05) is 0 Å². The van der Waals surface area contributed by atoms with Gasteiger partial charge in [0.15, 0.2) is 0 Å². The average molecular weight is 212 g/mol. The van der Waals surface area contributed by atoms with Gasteiger partial charge in [-0.15, -0.1) is 0 Å². The molecule has 0 aromatic carbocycles. The summed E-state index contributed by atoms with van der Waals surface area (Å²) in [6, 6.07) is -0.644. The van der Waals surface area contributed by atoms with E-state index in [-0.39, 0.29) is 19.1 Å². The molecule has 1 saturated heterocycles. The molecule has 1 amide bonds. The molecule has 1 aliphatic rings. The Morgan fingerprint density at radius 3 is 2.64 bits per heavy atom. The van der Waals surface area contributed by atoms with Crippen molar-refractivity contribution in [1.82, 2.24) is 10.6 Å². The standard InChI is InChI=1S/C7H11F3N2O2/c8-7(9,10)6(14)12-5-2-11-1-4(5)3-13/h4-5,11,13H,1-3H2,(H,12,14)/t4-,5+/m0/s1. The second-order valence-corrected chi connectivity index (χ2v) is 3.18. The van der Waals surface area contributed by atoms with Crippen LogP contribution in [-0.4, -0.2) is 42.9 Å². The summed E-state index contributed by atoms with van der Waals surface area (Å²) in [5.74, 6) is -2.30. The number of hydrogen-bond donors (Lipinski definition) is 3. The van der Waals surface area contributed by atoms with Crippen molar-refractivity contribution in [3.05, 3.63) is 0 Å². The minimum atomic E-state index is -4.86. The fraction of sp³-hybridized carbons (Fsp3) is 0.857. The van der Waals surface area contributed by atoms with E-state index >= 15 is 0 Å². The number of halogens is 3. The number of hydrogen-bond acceptors (Lipinski definition) is 3. The van der Waals surface area contributed by atoms with Gasteiger partial charge in [0.1, 0.15) is 0 Å². The van der Waals surface area contributed by atoms with Gasteiger partial charge in [-0.05, 0) is 0 Å². The minimum absolute atomic E-state index is 0.240. The first kappa shape index (κ1) is 11.3. The molecule has 1 aliphatic heterocycles. The Morgan fingerprint density at radius 2 is 2.14 bits per heavy atom. The maximum Gasteiger partial charge on any atom is 0.471 e. The van der Waals surface area contributed by atoms with Gasteiger partial charge in [0.05, 0.1) is 0 Å². The van der Waals surface area contributed by atoms with Crippen molar-refractivity contribution in [1.29, 1.82) is 0 Å². The van der Waals surface area contributed by atoms with Crippen molar-refractivity contribution in [2.24, 2.45) is 5.92 Å². The van der Waals surface area contributed by atoms with Crippen LogP contribution in [-0.2, 0) is 4.79 Å². The topological polar surface area (TPSA) is 61.4 Å². The maximum atomic E-state index is 11.8. The second kappa shape index (κ2) is 4.14. The van der Waals surface area contributed by atoms with Crippen molar-refractivity contribution < 1.29 is 23.1 Å². The van der Waals surface area contributed by atoms with E-state index in [2.05, 4.69) is 5.32 Å². The van der Waals surface area contributed by atoms with Gasteiger partial charge in [-0.2, -0.15) is 13.2 Å². The molecular weight excluding hydrogens is 201 g/mol. The normalized spacial score (nSPS) is 27.7. The molecule has 0 aliphatic carbocycles. The van der Waals surface area contributed by atoms with Gasteiger partial charge in [0.2, 0.25) is 0 Å². The molecule has 82 valence electrons. The summed E-state index contributed by atoms with van der Waals surface area (Å²) >= 11 is 0. The predicted octanol–water partition coefficient (Wildman–Crippen LogP) is -0.755. The molecule has 4 nitrogen and oxygen atoms in total. The highest BCUT2D eigenvalue weighted by Crippen LogP contribution is 2.16. The Kier molecular flexibility index (Phi) is 3.33. The van der Waals surface area contributed by atoms with Crippen LogP contribution in [0.15, 0.2) is 0 Å². The molecule has 1 fully saturated rings. The average Bonchev–Trinajstić information content (AvgIpc) is 2.50. The van der Waals surface area contributed by atoms with Gasteiger partial charge in [-0.25, -0.2) is 0 Å². The summed E-state index contributed by atoms with van der Waals surface area (Å²) in [7, 11) is 0. The zero-order valence-corrected chi connectivity index (χ0v) is 7.27. The summed E-state index contributed by atoms with van der Waals surface area (Å²) in [6.45, 7) is 0.433. The van der Waals surface area contributed by atoms with Crippen LogP contribution in [0.2, 0.25) is 0 Å². The lowest BCUT2D eigenvalue weighted by Gasteiger charge is -2.18. The summed E-state index contributed by atoms with van der Waals surface area (Å²) in [4.78, 5) is 10.5. The molecule has 2 atom stereocenters. The fourth-order valence-corrected chi connectivity index (χ4v) is 1.34. The third kappa shape index (κ3) is 2.58. The highest BCUT2D eigenvalue weighted by atomic mass is 19.4. The van der Waals surface area contributed by atoms with Crippen LogP contribution in [0.4, 0.5) is 13.2 Å². The number of nitrogens with one attached hydrogen (secondary N) is 2. The van der Waals surface area contributed by atoms with E-state index in [1.165, 1.54) is 0 Å². The summed E-state index contributed by atoms with van der Waals surface area (Å²) < 4.78 is 35.5. The number of carbonyl (C=O) groups excluding carboxylic acids is 1. The molecule has 3 N–H and O–H groups in total. The molecule has 1 heterocycles. The highest BCUT2D eigenvalue weighted by molar-refractivity contribution is 5.82. The maximum absolute atomic E-state index is 11.8. The SMILES string of the molecule is O=C(N[C@@H]1CNC[C@H]1CO)C(F)(F)F. The zero-order valence-electron chi connectivity index (χ0n) is 7.27. The van der Waals surface area contributed by atoms with Crippen molar-refractivity contribution in [3.8, 4) is 0 Å². The Morgan fingerprint density at radius 1 is 1.50 bits per heavy atom. The van der Waals surface area contributed by atoms with Crippen LogP contribution in [0.5, 0.6) is 0 Å². The van der Waals surface area contributed by atoms with Crippen LogP contribution in [0.3, 0.4) is 0 Å². The summed E-state index contributed by atoms with van der Waals surface area (Å²) in [6.07, 6.45) is -4.86. The van der Waals surface area contributed by atoms with Gasteiger partial charge in [-0.3, -0.25) is 4.79 Å². The molecule has 1 rings (SSSR count). The lowest BCUT2D eigenvalue weighted by atomic mass is 10.1. The Balaban J connectivity index is 2.48. The highest BCUT2D eigenvalue weighted by Gasteiger charge is 2.41. The quantitative estimate of drug-likeness (QED) is 0.564. The van der Waals surface area contributed by atoms with Crippen molar-refractivity contribution in [3.63, 3.8) is 0 Å². The van der Waals surface area contributed by atoms with Crippen molar-refractivity contribution in [2.75, 3.05) is 19.7 Å². The first-order chi connectivity index (χ1) is 6.45. The van der Waals surface area contributed by atoms with Crippen molar-refractivity contribution in [2.45, 2.75) is 12.2 Å². The van der Waals surface area contributed by atoms with Gasteiger partial charge < -0.3 is 15.7 Å². The van der Waals surface area contributed by atoms with E-state index in [0.29, 0.717) is 6.54 Å². The van der Waals surface area contributed by atoms with Crippen LogP contribution in [0.25, 0.3) is 0 Å². The van der Waals surface area contributed by atoms with E-state index in [1.54, 1.807) is 0 Å². The number of carbonyl (C=O) groups is 1. The monoisotopic (exact) mass is 212 g/mol. The Hall–Kier alpha value is -0.820. The van der Waals surface area contributed by atoms with Crippen LogP contribution in [0.1, 0.15) is 0 Å². The number of alkyl halides is 3. The van der Waals surface area contributed by atoms with E-state index in [1.807, 2.05) is 5.32 Å². The third-order valence-corrected chi connectivity index (χ3v) is 2.15. The molecule has 0 radical (unpaired) electrons. The lowest BCUT2D eigenvalue weighted by Crippen LogP contribution is -2.47. The molecule has 0 aromatic heterocycles. The number of aliphatic hydroxyl groups is 1. The van der Waals surface area contributed by atoms with Crippen molar-refractivity contribution >= 4 is 5.91 Å². The van der Waals surface area contributed by atoms with E-state index in [4.69, 9.17) is 5.11 Å². The molecular formula is C7H11F3N2O2. The Labute approximate surface area is 78.5 Å². The van der Waals surface area contributed by atoms with Crippen LogP contribution in [0, 0.1) is 5.92 Å². The molecule has 7 heteroatoms. The lowest BCUT2D eigenvalue weighted by molar-refractivity contribution is -0.174. The molecule has 0 spiro atoms. The van der Waals surface area contributed by atoms with Gasteiger partial charge in [0.25, 0.3) is 0 Å². The van der Waals surface area contributed by atoms with E-state index in [9.17, 15) is 18.0 Å². The summed E-state index contributed by atoms with van der Waals surface area (Å²) in [5, 5.41) is 13.4. The molecule has 0 unspecified atom stereocenters. The summed E-state index contributed by atoms with van der Waals surface area (Å²) in [5.41, 5.74) is 0. The smallest absolute Gasteiger partial charge is 0.396 e. The minimum Gasteiger partial charge on any atom is -0.396 e. The molecule has 0 bridgehead atoms. The first-order valence-electron chi connectivity index (χ1n) is 4.14. The van der Waals surface area contributed by atoms with Gasteiger partial charge in [0, 0.05) is 31.7 Å². The Bertz CT molecular complexity index is 219. The van der Waals surface area contributed by atoms with Gasteiger partial charge >= 0.3 is 12.1 Å². The first-order valence-corrected chi connectivity index (χ1v) is 4.14. The number of aliphatic hydroxyl groups excluding tert-OH is 1. The van der Waals surface area contributed by atoms with Crippen LogP contribution < -0.4 is 10.6 Å². The molecule has 0 saturated carbocycles. The van der Waals surface area contributed by atoms with E-state index < -0.39 is 18.1 Å². The molecule has 0 aromatic rings. The largest absolute Gasteiger partial charge is 0.471 e. The predicted molar refractivity (Wildman–Crippen MR) is 41.4 cm³/mol. The number of amides is 1. The van der Waals surface area contributed by atoms with E-state index in [0.717, 1.165) is 0 Å². The zero-order chi connectivity index (χ0) is 10.8. The third-order valence-electron chi connectivity index (χ3n) is 2.15. The molecule has 14 heavy (non-hydrogen) atoms. The fourth-order valence-electron chi connectivity index (χ4n) is 1.34. The second-order valence-electron chi connectivity index (χ2n) is 3.18. The van der Waals surface area contributed by atoms with Crippen LogP contribution >= 0.6 is 0 Å².